The van der Waals surface area contributed by atoms with E-state index in [1.165, 1.54) is 6.20 Å². The molecule has 1 amide bonds. The van der Waals surface area contributed by atoms with Crippen LogP contribution in [0.25, 0.3) is 0 Å². The summed E-state index contributed by atoms with van der Waals surface area (Å²) < 4.78 is 5.79. The largest absolute Gasteiger partial charge is 0.457 e. The molecule has 0 atom stereocenters. The molecule has 0 bridgehead atoms. The normalized spacial score (nSPS) is 10.1. The van der Waals surface area contributed by atoms with Gasteiger partial charge < -0.3 is 10.1 Å². The zero-order valence-corrected chi connectivity index (χ0v) is 12.8. The number of aromatic nitrogens is 1. The summed E-state index contributed by atoms with van der Waals surface area (Å²) in [6.07, 6.45) is 1.48. The van der Waals surface area contributed by atoms with Crippen LogP contribution in [0.1, 0.15) is 10.4 Å². The first-order chi connectivity index (χ1) is 11.2. The number of nitrogens with zero attached hydrogens (tertiary/aromatic N) is 1. The van der Waals surface area contributed by atoms with Crippen molar-refractivity contribution in [2.45, 2.75) is 0 Å². The molecule has 0 saturated heterocycles. The fourth-order valence-corrected chi connectivity index (χ4v) is 2.10. The number of pyridine rings is 1. The van der Waals surface area contributed by atoms with Crippen molar-refractivity contribution in [3.63, 3.8) is 0 Å². The first kappa shape index (κ1) is 15.1. The van der Waals surface area contributed by atoms with Crippen LogP contribution in [0.2, 0.25) is 5.02 Å². The standard InChI is InChI=1S/C18H13ClN2O2/c19-13-10-11-17(20-12-13)21-18(22)15-8-4-5-9-16(15)23-14-6-2-1-3-7-14/h1-12H,(H,20,21,22). The minimum atomic E-state index is -0.300. The predicted octanol–water partition coefficient (Wildman–Crippen LogP) is 4.78. The van der Waals surface area contributed by atoms with Crippen LogP contribution in [-0.2, 0) is 0 Å². The van der Waals surface area contributed by atoms with Crippen LogP contribution in [0.5, 0.6) is 11.5 Å². The lowest BCUT2D eigenvalue weighted by Gasteiger charge is -2.11. The summed E-state index contributed by atoms with van der Waals surface area (Å²) in [5.41, 5.74) is 0.424. The van der Waals surface area contributed by atoms with Crippen LogP contribution in [-0.4, -0.2) is 10.9 Å². The smallest absolute Gasteiger partial charge is 0.260 e. The average molecular weight is 325 g/mol. The van der Waals surface area contributed by atoms with Gasteiger partial charge in [0.2, 0.25) is 0 Å². The van der Waals surface area contributed by atoms with Crippen molar-refractivity contribution < 1.29 is 9.53 Å². The number of ether oxygens (including phenoxy) is 1. The summed E-state index contributed by atoms with van der Waals surface area (Å²) in [5.74, 6) is 1.27. The van der Waals surface area contributed by atoms with Crippen LogP contribution < -0.4 is 10.1 Å². The highest BCUT2D eigenvalue weighted by molar-refractivity contribution is 6.30. The molecular formula is C18H13ClN2O2. The molecule has 4 nitrogen and oxygen atoms in total. The molecule has 0 unspecified atom stereocenters. The van der Waals surface area contributed by atoms with Crippen molar-refractivity contribution in [3.05, 3.63) is 83.5 Å². The molecule has 1 aromatic heterocycles. The van der Waals surface area contributed by atoms with Crippen molar-refractivity contribution in [2.75, 3.05) is 5.32 Å². The maximum absolute atomic E-state index is 12.4. The summed E-state index contributed by atoms with van der Waals surface area (Å²) in [5, 5.41) is 3.23. The van der Waals surface area contributed by atoms with Crippen LogP contribution in [0.3, 0.4) is 0 Å². The second-order valence-corrected chi connectivity index (χ2v) is 5.16. The topological polar surface area (TPSA) is 51.2 Å². The number of amides is 1. The Balaban J connectivity index is 1.82. The molecule has 1 heterocycles. The van der Waals surface area contributed by atoms with E-state index in [2.05, 4.69) is 10.3 Å². The number of benzene rings is 2. The second-order valence-electron chi connectivity index (χ2n) is 4.73. The Labute approximate surface area is 138 Å². The Hall–Kier alpha value is -2.85. The van der Waals surface area contributed by atoms with Gasteiger partial charge in [-0.3, -0.25) is 4.79 Å². The lowest BCUT2D eigenvalue weighted by Crippen LogP contribution is -2.13. The molecule has 0 spiro atoms. The minimum absolute atomic E-state index is 0.300. The molecule has 0 aliphatic heterocycles. The second kappa shape index (κ2) is 6.94. The van der Waals surface area contributed by atoms with Gasteiger partial charge in [-0.25, -0.2) is 4.98 Å². The Morgan fingerprint density at radius 3 is 2.43 bits per heavy atom. The van der Waals surface area contributed by atoms with Crippen LogP contribution in [0.15, 0.2) is 72.9 Å². The minimum Gasteiger partial charge on any atom is -0.457 e. The van der Waals surface area contributed by atoms with Crippen molar-refractivity contribution in [2.24, 2.45) is 0 Å². The van der Waals surface area contributed by atoms with E-state index in [0.717, 1.165) is 0 Å². The van der Waals surface area contributed by atoms with Crippen molar-refractivity contribution in [1.29, 1.82) is 0 Å². The Morgan fingerprint density at radius 2 is 1.70 bits per heavy atom. The van der Waals surface area contributed by atoms with Gasteiger partial charge in [-0.1, -0.05) is 41.9 Å². The molecule has 3 aromatic rings. The van der Waals surface area contributed by atoms with E-state index in [9.17, 15) is 4.79 Å². The molecule has 0 fully saturated rings. The molecule has 3 rings (SSSR count). The molecule has 0 radical (unpaired) electrons. The first-order valence-corrected chi connectivity index (χ1v) is 7.35. The van der Waals surface area contributed by atoms with E-state index in [4.69, 9.17) is 16.3 Å². The van der Waals surface area contributed by atoms with Gasteiger partial charge in [-0.05, 0) is 36.4 Å². The zero-order chi connectivity index (χ0) is 16.1. The van der Waals surface area contributed by atoms with E-state index < -0.39 is 0 Å². The van der Waals surface area contributed by atoms with Gasteiger partial charge in [0.1, 0.15) is 17.3 Å². The number of carbonyl (C=O) groups is 1. The maximum atomic E-state index is 12.4. The molecule has 0 aliphatic rings. The van der Waals surface area contributed by atoms with Gasteiger partial charge >= 0.3 is 0 Å². The lowest BCUT2D eigenvalue weighted by atomic mass is 10.2. The third-order valence-corrected chi connectivity index (χ3v) is 3.30. The van der Waals surface area contributed by atoms with E-state index in [1.807, 2.05) is 36.4 Å². The number of nitrogens with one attached hydrogen (secondary N) is 1. The van der Waals surface area contributed by atoms with Crippen molar-refractivity contribution in [1.82, 2.24) is 4.98 Å². The quantitative estimate of drug-likeness (QED) is 0.751. The van der Waals surface area contributed by atoms with Gasteiger partial charge in [0.25, 0.3) is 5.91 Å². The molecule has 0 saturated carbocycles. The van der Waals surface area contributed by atoms with E-state index in [1.54, 1.807) is 30.3 Å². The van der Waals surface area contributed by atoms with Gasteiger partial charge in [0.15, 0.2) is 0 Å². The van der Waals surface area contributed by atoms with Gasteiger partial charge in [0, 0.05) is 6.20 Å². The van der Waals surface area contributed by atoms with E-state index >= 15 is 0 Å². The van der Waals surface area contributed by atoms with Crippen molar-refractivity contribution in [3.8, 4) is 11.5 Å². The average Bonchev–Trinajstić information content (AvgIpc) is 2.58. The summed E-state index contributed by atoms with van der Waals surface area (Å²) in [6, 6.07) is 19.6. The SMILES string of the molecule is O=C(Nc1ccc(Cl)cn1)c1ccccc1Oc1ccccc1. The van der Waals surface area contributed by atoms with Gasteiger partial charge in [0.05, 0.1) is 10.6 Å². The molecule has 2 aromatic carbocycles. The van der Waals surface area contributed by atoms with Crippen LogP contribution in [0.4, 0.5) is 5.82 Å². The Morgan fingerprint density at radius 1 is 0.957 bits per heavy atom. The number of rotatable bonds is 4. The fraction of sp³-hybridized carbons (Fsp3) is 0. The summed E-state index contributed by atoms with van der Waals surface area (Å²) in [4.78, 5) is 16.5. The van der Waals surface area contributed by atoms with Gasteiger partial charge in [-0.2, -0.15) is 0 Å². The molecule has 5 heteroatoms. The van der Waals surface area contributed by atoms with E-state index in [0.29, 0.717) is 27.9 Å². The number of halogens is 1. The number of anilines is 1. The first-order valence-electron chi connectivity index (χ1n) is 6.97. The highest BCUT2D eigenvalue weighted by Crippen LogP contribution is 2.25. The molecule has 23 heavy (non-hydrogen) atoms. The van der Waals surface area contributed by atoms with Crippen LogP contribution in [0, 0.1) is 0 Å². The number of carbonyl (C=O) groups excluding carboxylic acids is 1. The number of hydrogen-bond acceptors (Lipinski definition) is 3. The maximum Gasteiger partial charge on any atom is 0.260 e. The highest BCUT2D eigenvalue weighted by Gasteiger charge is 2.13. The lowest BCUT2D eigenvalue weighted by molar-refractivity contribution is 0.102. The van der Waals surface area contributed by atoms with Crippen molar-refractivity contribution >= 4 is 23.3 Å². The molecule has 0 aliphatic carbocycles. The number of para-hydroxylation sites is 2. The third kappa shape index (κ3) is 3.87. The summed E-state index contributed by atoms with van der Waals surface area (Å²) >= 11 is 5.79. The van der Waals surface area contributed by atoms with Crippen LogP contribution >= 0.6 is 11.6 Å². The number of hydrogen-bond donors (Lipinski definition) is 1. The molecule has 1 N–H and O–H groups in total. The monoisotopic (exact) mass is 324 g/mol. The highest BCUT2D eigenvalue weighted by atomic mass is 35.5. The Kier molecular flexibility index (Phi) is 4.54. The summed E-state index contributed by atoms with van der Waals surface area (Å²) in [6.45, 7) is 0. The van der Waals surface area contributed by atoms with Gasteiger partial charge in [-0.15, -0.1) is 0 Å². The molecule has 114 valence electrons. The third-order valence-electron chi connectivity index (χ3n) is 3.07. The van der Waals surface area contributed by atoms with E-state index in [-0.39, 0.29) is 5.91 Å². The summed E-state index contributed by atoms with van der Waals surface area (Å²) in [7, 11) is 0. The fourth-order valence-electron chi connectivity index (χ4n) is 1.99. The zero-order valence-electron chi connectivity index (χ0n) is 12.1. The molecular weight excluding hydrogens is 312 g/mol. The predicted molar refractivity (Wildman–Crippen MR) is 90.2 cm³/mol. The Bertz CT molecular complexity index is 805.